The monoisotopic (exact) mass is 384 g/mol. The molecule has 1 aromatic carbocycles. The van der Waals surface area contributed by atoms with Crippen molar-refractivity contribution in [3.05, 3.63) is 28.8 Å². The highest BCUT2D eigenvalue weighted by atomic mass is 35.5. The largest absolute Gasteiger partial charge is 0.338 e. The summed E-state index contributed by atoms with van der Waals surface area (Å²) in [4.78, 5) is 14.8. The number of carbonyl (C=O) groups excluding carboxylic acids is 1. The van der Waals surface area contributed by atoms with Crippen LogP contribution in [0.1, 0.15) is 49.4 Å². The van der Waals surface area contributed by atoms with E-state index in [1.165, 1.54) is 22.5 Å². The predicted molar refractivity (Wildman–Crippen MR) is 98.4 cm³/mol. The summed E-state index contributed by atoms with van der Waals surface area (Å²) in [5.41, 5.74) is 0.286. The molecular formula is C18H25ClN2O3S. The molecule has 2 saturated heterocycles. The van der Waals surface area contributed by atoms with E-state index >= 15 is 0 Å². The Kier molecular flexibility index (Phi) is 5.71. The van der Waals surface area contributed by atoms with E-state index in [2.05, 4.69) is 6.92 Å². The molecule has 7 heteroatoms. The van der Waals surface area contributed by atoms with E-state index in [9.17, 15) is 13.2 Å². The topological polar surface area (TPSA) is 57.7 Å². The summed E-state index contributed by atoms with van der Waals surface area (Å²) in [6.45, 7) is 4.59. The first-order valence-electron chi connectivity index (χ1n) is 8.98. The maximum absolute atomic E-state index is 12.9. The van der Waals surface area contributed by atoms with Gasteiger partial charge >= 0.3 is 0 Å². The van der Waals surface area contributed by atoms with E-state index < -0.39 is 10.0 Å². The van der Waals surface area contributed by atoms with Crippen molar-refractivity contribution in [3.8, 4) is 0 Å². The van der Waals surface area contributed by atoms with Crippen LogP contribution in [0.3, 0.4) is 0 Å². The molecular weight excluding hydrogens is 360 g/mol. The summed E-state index contributed by atoms with van der Waals surface area (Å²) in [5.74, 6) is 0.281. The third-order valence-corrected chi connectivity index (χ3v) is 7.29. The van der Waals surface area contributed by atoms with Crippen molar-refractivity contribution >= 4 is 27.5 Å². The van der Waals surface area contributed by atoms with Gasteiger partial charge in [-0.05, 0) is 49.8 Å². The van der Waals surface area contributed by atoms with Crippen molar-refractivity contribution in [1.82, 2.24) is 9.21 Å². The van der Waals surface area contributed by atoms with Gasteiger partial charge in [-0.1, -0.05) is 24.9 Å². The highest BCUT2D eigenvalue weighted by Gasteiger charge is 2.29. The van der Waals surface area contributed by atoms with E-state index in [4.69, 9.17) is 11.6 Å². The molecule has 2 aliphatic rings. The molecule has 1 atom stereocenters. The zero-order valence-corrected chi connectivity index (χ0v) is 16.2. The lowest BCUT2D eigenvalue weighted by Crippen LogP contribution is -2.39. The fourth-order valence-corrected chi connectivity index (χ4v) is 5.37. The van der Waals surface area contributed by atoms with E-state index in [0.29, 0.717) is 37.1 Å². The van der Waals surface area contributed by atoms with Crippen molar-refractivity contribution in [1.29, 1.82) is 0 Å². The summed E-state index contributed by atoms with van der Waals surface area (Å²) < 4.78 is 27.2. The first-order valence-corrected chi connectivity index (χ1v) is 10.8. The number of likely N-dealkylation sites (tertiary alicyclic amines) is 1. The molecule has 5 nitrogen and oxygen atoms in total. The number of rotatable bonds is 3. The Hall–Kier alpha value is -1.11. The maximum Gasteiger partial charge on any atom is 0.255 e. The summed E-state index contributed by atoms with van der Waals surface area (Å²) in [6.07, 6.45) is 4.90. The zero-order chi connectivity index (χ0) is 18.0. The first kappa shape index (κ1) is 18.7. The number of benzene rings is 1. The molecule has 1 amide bonds. The second-order valence-corrected chi connectivity index (χ2v) is 9.45. The highest BCUT2D eigenvalue weighted by Crippen LogP contribution is 2.27. The van der Waals surface area contributed by atoms with Crippen LogP contribution in [0.5, 0.6) is 0 Å². The first-order chi connectivity index (χ1) is 11.9. The Labute approximate surface area is 155 Å². The molecule has 0 spiro atoms. The maximum atomic E-state index is 12.9. The van der Waals surface area contributed by atoms with Gasteiger partial charge in [-0.25, -0.2) is 8.42 Å². The fourth-order valence-electron chi connectivity index (χ4n) is 3.63. The molecule has 2 fully saturated rings. The molecule has 1 aromatic rings. The van der Waals surface area contributed by atoms with Gasteiger partial charge < -0.3 is 4.90 Å². The van der Waals surface area contributed by atoms with Gasteiger partial charge in [0.15, 0.2) is 0 Å². The van der Waals surface area contributed by atoms with Gasteiger partial charge in [0.05, 0.1) is 15.5 Å². The molecule has 2 aliphatic heterocycles. The lowest BCUT2D eigenvalue weighted by atomic mass is 9.99. The van der Waals surface area contributed by atoms with E-state index in [1.54, 1.807) is 4.90 Å². The second kappa shape index (κ2) is 7.64. The predicted octanol–water partition coefficient (Wildman–Crippen LogP) is 3.39. The van der Waals surface area contributed by atoms with Crippen LogP contribution < -0.4 is 0 Å². The SMILES string of the molecule is C[C@H]1CCCN(C(=O)c2cc(S(=O)(=O)N3CCCCC3)ccc2Cl)C1. The quantitative estimate of drug-likeness (QED) is 0.802. The standard InChI is InChI=1S/C18H25ClN2O3S/c1-14-6-5-9-20(13-14)18(22)16-12-15(7-8-17(16)19)25(23,24)21-10-3-2-4-11-21/h7-8,12,14H,2-6,9-11,13H2,1H3/t14-/m0/s1. The third kappa shape index (κ3) is 4.01. The van der Waals surface area contributed by atoms with Crippen LogP contribution in [0.4, 0.5) is 0 Å². The zero-order valence-electron chi connectivity index (χ0n) is 14.6. The number of halogens is 1. The average Bonchev–Trinajstić information content (AvgIpc) is 2.62. The van der Waals surface area contributed by atoms with Crippen LogP contribution in [0.2, 0.25) is 5.02 Å². The van der Waals surface area contributed by atoms with Crippen molar-refractivity contribution in [3.63, 3.8) is 0 Å². The summed E-state index contributed by atoms with van der Waals surface area (Å²) in [6, 6.07) is 4.48. The number of amides is 1. The number of sulfonamides is 1. The molecule has 0 aliphatic carbocycles. The van der Waals surface area contributed by atoms with Crippen molar-refractivity contribution < 1.29 is 13.2 Å². The van der Waals surface area contributed by atoms with Crippen molar-refractivity contribution in [2.75, 3.05) is 26.2 Å². The Morgan fingerprint density at radius 3 is 2.52 bits per heavy atom. The Balaban J connectivity index is 1.88. The van der Waals surface area contributed by atoms with Crippen LogP contribution in [-0.2, 0) is 10.0 Å². The molecule has 0 unspecified atom stereocenters. The van der Waals surface area contributed by atoms with Crippen LogP contribution in [0.15, 0.2) is 23.1 Å². The number of hydrogen-bond acceptors (Lipinski definition) is 3. The highest BCUT2D eigenvalue weighted by molar-refractivity contribution is 7.89. The Bertz CT molecular complexity index is 745. The molecule has 0 radical (unpaired) electrons. The third-order valence-electron chi connectivity index (χ3n) is 5.07. The van der Waals surface area contributed by atoms with Crippen LogP contribution in [0.25, 0.3) is 0 Å². The minimum absolute atomic E-state index is 0.159. The van der Waals surface area contributed by atoms with Gasteiger partial charge in [-0.15, -0.1) is 0 Å². The molecule has 0 aromatic heterocycles. The van der Waals surface area contributed by atoms with Crippen molar-refractivity contribution in [2.24, 2.45) is 5.92 Å². The molecule has 138 valence electrons. The van der Waals surface area contributed by atoms with Gasteiger partial charge in [-0.2, -0.15) is 4.31 Å². The normalized spacial score (nSPS) is 22.8. The van der Waals surface area contributed by atoms with E-state index in [-0.39, 0.29) is 16.4 Å². The molecule has 3 rings (SSSR count). The molecule has 2 heterocycles. The van der Waals surface area contributed by atoms with Crippen molar-refractivity contribution in [2.45, 2.75) is 43.9 Å². The number of hydrogen-bond donors (Lipinski definition) is 0. The minimum Gasteiger partial charge on any atom is -0.338 e. The van der Waals surface area contributed by atoms with Gasteiger partial charge in [0.2, 0.25) is 10.0 Å². The summed E-state index contributed by atoms with van der Waals surface area (Å²) in [5, 5.41) is 0.306. The number of piperidine rings is 2. The lowest BCUT2D eigenvalue weighted by Gasteiger charge is -2.31. The number of nitrogens with zero attached hydrogens (tertiary/aromatic N) is 2. The number of carbonyl (C=O) groups is 1. The Morgan fingerprint density at radius 2 is 1.84 bits per heavy atom. The average molecular weight is 385 g/mol. The van der Waals surface area contributed by atoms with Crippen LogP contribution in [0, 0.1) is 5.92 Å². The van der Waals surface area contributed by atoms with Gasteiger partial charge in [0, 0.05) is 26.2 Å². The van der Waals surface area contributed by atoms with E-state index in [1.807, 2.05) is 0 Å². The molecule has 0 N–H and O–H groups in total. The van der Waals surface area contributed by atoms with Gasteiger partial charge in [-0.3, -0.25) is 4.79 Å². The smallest absolute Gasteiger partial charge is 0.255 e. The van der Waals surface area contributed by atoms with E-state index in [0.717, 1.165) is 32.1 Å². The lowest BCUT2D eigenvalue weighted by molar-refractivity contribution is 0.0683. The van der Waals surface area contributed by atoms with Gasteiger partial charge in [0.25, 0.3) is 5.91 Å². The summed E-state index contributed by atoms with van der Waals surface area (Å²) >= 11 is 6.23. The summed E-state index contributed by atoms with van der Waals surface area (Å²) in [7, 11) is -3.57. The van der Waals surface area contributed by atoms with Crippen LogP contribution >= 0.6 is 11.6 Å². The fraction of sp³-hybridized carbons (Fsp3) is 0.611. The second-order valence-electron chi connectivity index (χ2n) is 7.10. The van der Waals surface area contributed by atoms with Crippen LogP contribution in [-0.4, -0.2) is 49.7 Å². The Morgan fingerprint density at radius 1 is 1.12 bits per heavy atom. The molecule has 25 heavy (non-hydrogen) atoms. The van der Waals surface area contributed by atoms with Gasteiger partial charge in [0.1, 0.15) is 0 Å². The molecule has 0 bridgehead atoms. The molecule has 0 saturated carbocycles. The minimum atomic E-state index is -3.57.